The van der Waals surface area contributed by atoms with Gasteiger partial charge in [-0.25, -0.2) is 13.1 Å². The second kappa shape index (κ2) is 5.32. The zero-order valence-electron chi connectivity index (χ0n) is 11.4. The summed E-state index contributed by atoms with van der Waals surface area (Å²) in [5, 5.41) is 10.1. The number of hydrogen-bond donors (Lipinski definition) is 2. The highest BCUT2D eigenvalue weighted by atomic mass is 32.2. The van der Waals surface area contributed by atoms with Crippen molar-refractivity contribution in [1.82, 2.24) is 20.2 Å². The summed E-state index contributed by atoms with van der Waals surface area (Å²) in [4.78, 5) is 12.2. The van der Waals surface area contributed by atoms with E-state index in [1.165, 1.54) is 12.4 Å². The number of carbonyl (C=O) groups is 1. The average Bonchev–Trinajstić information content (AvgIpc) is 2.87. The SMILES string of the molecule is CS(=O)(=O)N[C@H]1[C@H](NC(=O)c2ccnnc2)[C@@H]2CCO[C@@H]21. The van der Waals surface area contributed by atoms with Crippen LogP contribution in [0.1, 0.15) is 16.8 Å². The lowest BCUT2D eigenvalue weighted by atomic mass is 9.72. The Kier molecular flexibility index (Phi) is 3.64. The molecule has 4 atom stereocenters. The Bertz CT molecular complexity index is 636. The second-order valence-electron chi connectivity index (χ2n) is 5.33. The fourth-order valence-corrected chi connectivity index (χ4v) is 3.73. The van der Waals surface area contributed by atoms with E-state index in [9.17, 15) is 13.2 Å². The van der Waals surface area contributed by atoms with E-state index < -0.39 is 16.1 Å². The third-order valence-corrected chi connectivity index (χ3v) is 4.58. The monoisotopic (exact) mass is 312 g/mol. The first-order valence-electron chi connectivity index (χ1n) is 6.62. The van der Waals surface area contributed by atoms with Gasteiger partial charge in [0, 0.05) is 12.5 Å². The van der Waals surface area contributed by atoms with E-state index >= 15 is 0 Å². The van der Waals surface area contributed by atoms with Gasteiger partial charge in [-0.05, 0) is 12.5 Å². The van der Waals surface area contributed by atoms with Crippen LogP contribution in [0.3, 0.4) is 0 Å². The first-order valence-corrected chi connectivity index (χ1v) is 8.51. The number of hydrogen-bond acceptors (Lipinski definition) is 6. The van der Waals surface area contributed by atoms with Crippen molar-refractivity contribution in [3.8, 4) is 0 Å². The molecule has 1 aliphatic carbocycles. The molecule has 2 heterocycles. The van der Waals surface area contributed by atoms with Crippen molar-refractivity contribution in [2.24, 2.45) is 5.92 Å². The van der Waals surface area contributed by atoms with Crippen LogP contribution in [0, 0.1) is 5.92 Å². The molecule has 0 unspecified atom stereocenters. The summed E-state index contributed by atoms with van der Waals surface area (Å²) in [6, 6.07) is 0.863. The van der Waals surface area contributed by atoms with E-state index in [2.05, 4.69) is 20.2 Å². The number of carbonyl (C=O) groups excluding carboxylic acids is 1. The van der Waals surface area contributed by atoms with Gasteiger partial charge in [0.2, 0.25) is 10.0 Å². The van der Waals surface area contributed by atoms with E-state index in [4.69, 9.17) is 4.74 Å². The molecule has 2 N–H and O–H groups in total. The molecule has 1 aromatic heterocycles. The van der Waals surface area contributed by atoms with Gasteiger partial charge in [-0.3, -0.25) is 4.79 Å². The van der Waals surface area contributed by atoms with Gasteiger partial charge in [-0.2, -0.15) is 10.2 Å². The minimum atomic E-state index is -3.36. The van der Waals surface area contributed by atoms with Crippen LogP contribution in [0.4, 0.5) is 0 Å². The Morgan fingerprint density at radius 2 is 2.19 bits per heavy atom. The lowest BCUT2D eigenvalue weighted by Gasteiger charge is -2.47. The number of rotatable bonds is 4. The molecule has 114 valence electrons. The predicted octanol–water partition coefficient (Wildman–Crippen LogP) is -1.09. The fourth-order valence-electron chi connectivity index (χ4n) is 2.95. The molecule has 1 amide bonds. The Hall–Kier alpha value is -1.58. The summed E-state index contributed by atoms with van der Waals surface area (Å²) in [6.45, 7) is 0.584. The Balaban J connectivity index is 1.72. The first kappa shape index (κ1) is 14.4. The molecule has 1 saturated carbocycles. The number of nitrogens with zero attached hydrogens (tertiary/aromatic N) is 2. The highest BCUT2D eigenvalue weighted by Gasteiger charge is 2.55. The third-order valence-electron chi connectivity index (χ3n) is 3.88. The van der Waals surface area contributed by atoms with Crippen molar-refractivity contribution >= 4 is 15.9 Å². The molecule has 2 fully saturated rings. The summed E-state index contributed by atoms with van der Waals surface area (Å²) >= 11 is 0. The summed E-state index contributed by atoms with van der Waals surface area (Å²) < 4.78 is 30.9. The first-order chi connectivity index (χ1) is 9.96. The van der Waals surface area contributed by atoms with Crippen LogP contribution >= 0.6 is 0 Å². The van der Waals surface area contributed by atoms with Crippen LogP contribution in [-0.2, 0) is 14.8 Å². The van der Waals surface area contributed by atoms with Crippen molar-refractivity contribution in [2.45, 2.75) is 24.6 Å². The van der Waals surface area contributed by atoms with Gasteiger partial charge in [0.1, 0.15) is 0 Å². The highest BCUT2D eigenvalue weighted by Crippen LogP contribution is 2.39. The van der Waals surface area contributed by atoms with E-state index in [0.29, 0.717) is 12.2 Å². The summed E-state index contributed by atoms with van der Waals surface area (Å²) in [5.74, 6) is -0.149. The van der Waals surface area contributed by atoms with Crippen molar-refractivity contribution in [3.05, 3.63) is 24.0 Å². The molecule has 0 radical (unpaired) electrons. The predicted molar refractivity (Wildman–Crippen MR) is 72.9 cm³/mol. The molecular formula is C12H16N4O4S. The lowest BCUT2D eigenvalue weighted by molar-refractivity contribution is -0.0194. The number of sulfonamides is 1. The summed E-state index contributed by atoms with van der Waals surface area (Å²) in [7, 11) is -3.36. The van der Waals surface area contributed by atoms with E-state index in [0.717, 1.165) is 12.7 Å². The van der Waals surface area contributed by atoms with Gasteiger partial charge in [0.05, 0.1) is 42.4 Å². The normalized spacial score (nSPS) is 31.3. The molecule has 1 saturated heterocycles. The second-order valence-corrected chi connectivity index (χ2v) is 7.11. The smallest absolute Gasteiger partial charge is 0.253 e. The molecular weight excluding hydrogens is 296 g/mol. The van der Waals surface area contributed by atoms with Gasteiger partial charge in [0.15, 0.2) is 0 Å². The van der Waals surface area contributed by atoms with Gasteiger partial charge in [0.25, 0.3) is 5.91 Å². The van der Waals surface area contributed by atoms with Crippen LogP contribution in [0.15, 0.2) is 18.5 Å². The van der Waals surface area contributed by atoms with Crippen LogP contribution in [0.2, 0.25) is 0 Å². The maximum absolute atomic E-state index is 12.2. The van der Waals surface area contributed by atoms with Crippen molar-refractivity contribution < 1.29 is 17.9 Å². The van der Waals surface area contributed by atoms with Crippen LogP contribution < -0.4 is 10.0 Å². The minimum absolute atomic E-state index is 0.142. The van der Waals surface area contributed by atoms with Gasteiger partial charge < -0.3 is 10.1 Å². The van der Waals surface area contributed by atoms with Gasteiger partial charge >= 0.3 is 0 Å². The molecule has 1 aliphatic heterocycles. The van der Waals surface area contributed by atoms with Gasteiger partial charge in [-0.15, -0.1) is 0 Å². The number of aromatic nitrogens is 2. The fraction of sp³-hybridized carbons (Fsp3) is 0.583. The molecule has 21 heavy (non-hydrogen) atoms. The van der Waals surface area contributed by atoms with Crippen LogP contribution in [-0.4, -0.2) is 55.6 Å². The molecule has 1 aromatic rings. The topological polar surface area (TPSA) is 110 Å². The summed E-state index contributed by atoms with van der Waals surface area (Å²) in [6.07, 6.45) is 4.55. The molecule has 0 bridgehead atoms. The summed E-state index contributed by atoms with van der Waals surface area (Å²) in [5.41, 5.74) is 0.394. The van der Waals surface area contributed by atoms with Crippen molar-refractivity contribution in [2.75, 3.05) is 12.9 Å². The van der Waals surface area contributed by atoms with Crippen LogP contribution in [0.5, 0.6) is 0 Å². The minimum Gasteiger partial charge on any atom is -0.376 e. The number of nitrogens with one attached hydrogen (secondary N) is 2. The molecule has 3 rings (SSSR count). The zero-order valence-corrected chi connectivity index (χ0v) is 12.2. The van der Waals surface area contributed by atoms with Crippen LogP contribution in [0.25, 0.3) is 0 Å². The molecule has 9 heteroatoms. The number of fused-ring (bicyclic) bond motifs is 1. The highest BCUT2D eigenvalue weighted by molar-refractivity contribution is 7.88. The van der Waals surface area contributed by atoms with Gasteiger partial charge in [-0.1, -0.05) is 0 Å². The van der Waals surface area contributed by atoms with E-state index in [1.807, 2.05) is 0 Å². The third kappa shape index (κ3) is 2.89. The Morgan fingerprint density at radius 1 is 1.38 bits per heavy atom. The molecule has 0 aromatic carbocycles. The average molecular weight is 312 g/mol. The molecule has 0 spiro atoms. The maximum Gasteiger partial charge on any atom is 0.253 e. The van der Waals surface area contributed by atoms with Crippen molar-refractivity contribution in [1.29, 1.82) is 0 Å². The Labute approximate surface area is 122 Å². The standard InChI is InChI=1S/C12H16N4O4S/c1-21(18,19)16-10-9(8-3-5-20-11(8)10)15-12(17)7-2-4-13-14-6-7/h2,4,6,8-11,16H,3,5H2,1H3,(H,15,17)/t8-,9+,10-,11-/m0/s1. The quantitative estimate of drug-likeness (QED) is 0.731. The van der Waals surface area contributed by atoms with Crippen molar-refractivity contribution in [3.63, 3.8) is 0 Å². The molecule has 2 aliphatic rings. The maximum atomic E-state index is 12.2. The number of amides is 1. The number of ether oxygens (including phenoxy) is 1. The van der Waals surface area contributed by atoms with E-state index in [-0.39, 0.29) is 24.0 Å². The Morgan fingerprint density at radius 3 is 2.86 bits per heavy atom. The zero-order chi connectivity index (χ0) is 15.0. The largest absolute Gasteiger partial charge is 0.376 e. The van der Waals surface area contributed by atoms with E-state index in [1.54, 1.807) is 6.07 Å². The lowest BCUT2D eigenvalue weighted by Crippen LogP contribution is -2.70. The molecule has 8 nitrogen and oxygen atoms in total.